The zero-order chi connectivity index (χ0) is 15.3. The van der Waals surface area contributed by atoms with Crippen molar-refractivity contribution < 1.29 is 27.4 Å². The Balaban J connectivity index is 1.78. The second kappa shape index (κ2) is 6.66. The zero-order valence-electron chi connectivity index (χ0n) is 11.1. The number of alkyl halides is 3. The van der Waals surface area contributed by atoms with Gasteiger partial charge in [0.05, 0.1) is 0 Å². The van der Waals surface area contributed by atoms with Gasteiger partial charge in [-0.25, -0.2) is 4.79 Å². The second-order valence-electron chi connectivity index (χ2n) is 4.59. The summed E-state index contributed by atoms with van der Waals surface area (Å²) in [4.78, 5) is 11.5. The lowest BCUT2D eigenvalue weighted by molar-refractivity contribution is -0.274. The van der Waals surface area contributed by atoms with E-state index in [0.29, 0.717) is 5.69 Å². The van der Waals surface area contributed by atoms with Crippen LogP contribution >= 0.6 is 0 Å². The van der Waals surface area contributed by atoms with E-state index < -0.39 is 12.5 Å². The third kappa shape index (κ3) is 5.50. The number of carbonyl (C=O) groups excluding carboxylic acids is 1. The first-order chi connectivity index (χ1) is 9.92. The number of hydrogen-bond acceptors (Lipinski definition) is 4. The van der Waals surface area contributed by atoms with E-state index in [1.165, 1.54) is 12.1 Å². The number of amides is 1. The van der Waals surface area contributed by atoms with Gasteiger partial charge in [0.25, 0.3) is 0 Å². The summed E-state index contributed by atoms with van der Waals surface area (Å²) in [6.07, 6.45) is -3.37. The number of rotatable bonds is 4. The van der Waals surface area contributed by atoms with Crippen LogP contribution in [0.25, 0.3) is 0 Å². The fourth-order valence-electron chi connectivity index (χ4n) is 1.97. The van der Waals surface area contributed by atoms with E-state index in [2.05, 4.69) is 15.4 Å². The highest BCUT2D eigenvalue weighted by Crippen LogP contribution is 2.23. The number of halogens is 3. The fraction of sp³-hybridized carbons (Fsp3) is 0.462. The lowest BCUT2D eigenvalue weighted by Crippen LogP contribution is -2.29. The van der Waals surface area contributed by atoms with Gasteiger partial charge in [-0.05, 0) is 43.7 Å². The predicted octanol–water partition coefficient (Wildman–Crippen LogP) is 2.89. The minimum Gasteiger partial charge on any atom is -0.448 e. The van der Waals surface area contributed by atoms with E-state index in [-0.39, 0.29) is 18.4 Å². The van der Waals surface area contributed by atoms with Crippen molar-refractivity contribution in [3.05, 3.63) is 24.3 Å². The van der Waals surface area contributed by atoms with Crippen molar-refractivity contribution in [1.29, 1.82) is 0 Å². The number of ether oxygens (including phenoxy) is 2. The Hall–Kier alpha value is -1.96. The summed E-state index contributed by atoms with van der Waals surface area (Å²) in [6.45, 7) is 1.18. The van der Waals surface area contributed by atoms with E-state index in [0.717, 1.165) is 31.5 Å². The lowest BCUT2D eigenvalue weighted by Gasteiger charge is -2.12. The highest BCUT2D eigenvalue weighted by molar-refractivity contribution is 5.84. The molecule has 2 N–H and O–H groups in total. The second-order valence-corrected chi connectivity index (χ2v) is 4.59. The van der Waals surface area contributed by atoms with Crippen LogP contribution in [0.15, 0.2) is 24.3 Å². The molecule has 1 unspecified atom stereocenters. The first kappa shape index (κ1) is 15.4. The van der Waals surface area contributed by atoms with Crippen molar-refractivity contribution in [3.63, 3.8) is 0 Å². The molecule has 0 radical (unpaired) electrons. The van der Waals surface area contributed by atoms with Crippen LogP contribution in [-0.2, 0) is 4.74 Å². The number of hydrogen-bond donors (Lipinski definition) is 2. The maximum Gasteiger partial charge on any atom is 0.573 e. The molecule has 21 heavy (non-hydrogen) atoms. The molecule has 0 aliphatic carbocycles. The Morgan fingerprint density at radius 2 is 2.05 bits per heavy atom. The average Bonchev–Trinajstić information content (AvgIpc) is 2.90. The first-order valence-electron chi connectivity index (χ1n) is 6.45. The van der Waals surface area contributed by atoms with Crippen molar-refractivity contribution in [1.82, 2.24) is 5.32 Å². The van der Waals surface area contributed by atoms with E-state index in [1.807, 2.05) is 0 Å². The van der Waals surface area contributed by atoms with Crippen LogP contribution in [0.4, 0.5) is 23.7 Å². The van der Waals surface area contributed by atoms with Gasteiger partial charge in [-0.3, -0.25) is 5.32 Å². The van der Waals surface area contributed by atoms with Crippen LogP contribution in [0, 0.1) is 0 Å². The highest BCUT2D eigenvalue weighted by Gasteiger charge is 2.30. The molecule has 1 atom stereocenters. The van der Waals surface area contributed by atoms with Gasteiger partial charge in [-0.15, -0.1) is 13.2 Å². The minimum atomic E-state index is -4.73. The summed E-state index contributed by atoms with van der Waals surface area (Å²) in [5.74, 6) is -0.350. The summed E-state index contributed by atoms with van der Waals surface area (Å²) in [5, 5.41) is 5.61. The van der Waals surface area contributed by atoms with E-state index in [9.17, 15) is 18.0 Å². The number of anilines is 1. The molecule has 0 saturated carbocycles. The number of carbonyl (C=O) groups is 1. The Kier molecular flexibility index (Phi) is 4.89. The molecule has 1 fully saturated rings. The van der Waals surface area contributed by atoms with Gasteiger partial charge in [0.15, 0.2) is 0 Å². The van der Waals surface area contributed by atoms with Gasteiger partial charge < -0.3 is 14.8 Å². The molecule has 116 valence electrons. The van der Waals surface area contributed by atoms with Crippen LogP contribution in [0.2, 0.25) is 0 Å². The molecule has 2 rings (SSSR count). The summed E-state index contributed by atoms with van der Waals surface area (Å²) in [5.41, 5.74) is 0.328. The maximum atomic E-state index is 12.0. The average molecular weight is 304 g/mol. The summed E-state index contributed by atoms with van der Waals surface area (Å²) < 4.78 is 44.7. The molecule has 0 bridgehead atoms. The molecule has 1 saturated heterocycles. The Bertz CT molecular complexity index is 471. The van der Waals surface area contributed by atoms with Gasteiger partial charge in [0.2, 0.25) is 0 Å². The lowest BCUT2D eigenvalue weighted by atomic mass is 10.2. The highest BCUT2D eigenvalue weighted by atomic mass is 19.4. The van der Waals surface area contributed by atoms with Crippen molar-refractivity contribution in [2.75, 3.05) is 18.5 Å². The quantitative estimate of drug-likeness (QED) is 0.898. The molecule has 0 aromatic heterocycles. The Morgan fingerprint density at radius 3 is 2.62 bits per heavy atom. The van der Waals surface area contributed by atoms with Crippen molar-refractivity contribution in [2.45, 2.75) is 25.2 Å². The number of benzene rings is 1. The van der Waals surface area contributed by atoms with Crippen molar-refractivity contribution in [3.8, 4) is 5.75 Å². The van der Waals surface area contributed by atoms with Gasteiger partial charge >= 0.3 is 12.5 Å². The first-order valence-corrected chi connectivity index (χ1v) is 6.45. The van der Waals surface area contributed by atoms with Crippen molar-refractivity contribution in [2.24, 2.45) is 0 Å². The largest absolute Gasteiger partial charge is 0.573 e. The normalized spacial score (nSPS) is 18.3. The fourth-order valence-corrected chi connectivity index (χ4v) is 1.97. The molecule has 1 aromatic carbocycles. The molecule has 8 heteroatoms. The predicted molar refractivity (Wildman–Crippen MR) is 69.1 cm³/mol. The van der Waals surface area contributed by atoms with Gasteiger partial charge in [-0.2, -0.15) is 0 Å². The van der Waals surface area contributed by atoms with E-state index in [1.54, 1.807) is 0 Å². The molecule has 1 heterocycles. The minimum absolute atomic E-state index is 0.165. The molecular weight excluding hydrogens is 289 g/mol. The monoisotopic (exact) mass is 304 g/mol. The third-order valence-corrected chi connectivity index (χ3v) is 2.91. The zero-order valence-corrected chi connectivity index (χ0v) is 11.1. The van der Waals surface area contributed by atoms with Crippen LogP contribution in [0.1, 0.15) is 12.8 Å². The van der Waals surface area contributed by atoms with Crippen molar-refractivity contribution >= 4 is 11.8 Å². The van der Waals surface area contributed by atoms with E-state index in [4.69, 9.17) is 4.74 Å². The topological polar surface area (TPSA) is 59.6 Å². The summed E-state index contributed by atoms with van der Waals surface area (Å²) >= 11 is 0. The smallest absolute Gasteiger partial charge is 0.448 e. The molecule has 1 aromatic rings. The maximum absolute atomic E-state index is 12.0. The van der Waals surface area contributed by atoms with E-state index >= 15 is 0 Å². The molecule has 1 amide bonds. The van der Waals surface area contributed by atoms with Crippen LogP contribution in [0.3, 0.4) is 0 Å². The molecule has 1 aliphatic rings. The van der Waals surface area contributed by atoms with Crippen LogP contribution in [0.5, 0.6) is 5.75 Å². The molecule has 0 spiro atoms. The number of nitrogens with one attached hydrogen (secondary N) is 2. The summed E-state index contributed by atoms with van der Waals surface area (Å²) in [7, 11) is 0. The van der Waals surface area contributed by atoms with Crippen LogP contribution in [-0.4, -0.2) is 31.6 Å². The summed E-state index contributed by atoms with van der Waals surface area (Å²) in [6, 6.07) is 4.99. The third-order valence-electron chi connectivity index (χ3n) is 2.91. The molecule has 5 nitrogen and oxygen atoms in total. The molecular formula is C13H15F3N2O3. The van der Waals surface area contributed by atoms with Gasteiger partial charge in [-0.1, -0.05) is 0 Å². The Labute approximate surface area is 119 Å². The van der Waals surface area contributed by atoms with Gasteiger partial charge in [0, 0.05) is 11.7 Å². The van der Waals surface area contributed by atoms with Crippen LogP contribution < -0.4 is 15.4 Å². The van der Waals surface area contributed by atoms with Gasteiger partial charge in [0.1, 0.15) is 12.4 Å². The Morgan fingerprint density at radius 1 is 1.33 bits per heavy atom. The standard InChI is InChI=1S/C13H15F3N2O3/c14-13(15,16)21-11-5-3-9(4-6-11)18-12(19)20-8-10-2-1-7-17-10/h3-6,10,17H,1-2,7-8H2,(H,18,19). The molecule has 1 aliphatic heterocycles. The SMILES string of the molecule is O=C(Nc1ccc(OC(F)(F)F)cc1)OCC1CCCN1.